The van der Waals surface area contributed by atoms with Crippen LogP contribution in [0.15, 0.2) is 57.4 Å². The van der Waals surface area contributed by atoms with E-state index in [1.54, 1.807) is 51.1 Å². The number of benzene rings is 1. The second-order valence-corrected chi connectivity index (χ2v) is 13.1. The van der Waals surface area contributed by atoms with Crippen molar-refractivity contribution in [2.24, 2.45) is 0 Å². The Kier molecular flexibility index (Phi) is 9.48. The molecular weight excluding hydrogens is 697 g/mol. The summed E-state index contributed by atoms with van der Waals surface area (Å²) in [5.74, 6) is -5.19. The first-order valence-electron chi connectivity index (χ1n) is 14.6. The van der Waals surface area contributed by atoms with E-state index in [1.807, 2.05) is 0 Å². The van der Waals surface area contributed by atoms with Gasteiger partial charge in [-0.2, -0.15) is 13.2 Å². The minimum Gasteiger partial charge on any atom is -0.444 e. The van der Waals surface area contributed by atoms with E-state index in [2.05, 4.69) is 36.4 Å². The Morgan fingerprint density at radius 1 is 1.11 bits per heavy atom. The molecule has 2 aromatic heterocycles. The molecule has 16 heteroatoms. The van der Waals surface area contributed by atoms with Gasteiger partial charge in [0, 0.05) is 31.8 Å². The zero-order chi connectivity index (χ0) is 34.2. The highest BCUT2D eigenvalue weighted by Crippen LogP contribution is 2.47. The van der Waals surface area contributed by atoms with Crippen LogP contribution in [0.2, 0.25) is 0 Å². The Labute approximate surface area is 274 Å². The maximum absolute atomic E-state index is 15.1. The molecule has 3 aromatic rings. The van der Waals surface area contributed by atoms with Crippen molar-refractivity contribution in [2.75, 3.05) is 11.9 Å². The second-order valence-electron chi connectivity index (χ2n) is 12.2. The van der Waals surface area contributed by atoms with Crippen LogP contribution in [0, 0.1) is 0 Å². The number of nitrogens with one attached hydrogen (secondary N) is 1. The van der Waals surface area contributed by atoms with E-state index in [0.29, 0.717) is 5.56 Å². The van der Waals surface area contributed by atoms with Crippen molar-refractivity contribution in [1.29, 1.82) is 0 Å². The summed E-state index contributed by atoms with van der Waals surface area (Å²) >= 11 is 3.27. The highest BCUT2D eigenvalue weighted by molar-refractivity contribution is 9.10. The van der Waals surface area contributed by atoms with Crippen molar-refractivity contribution < 1.29 is 45.4 Å². The number of amides is 2. The highest BCUT2D eigenvalue weighted by atomic mass is 79.9. The van der Waals surface area contributed by atoms with Crippen LogP contribution in [0.4, 0.5) is 32.4 Å². The van der Waals surface area contributed by atoms with Crippen LogP contribution in [-0.2, 0) is 21.7 Å². The zero-order valence-electron chi connectivity index (χ0n) is 25.5. The topological polar surface area (TPSA) is 120 Å². The van der Waals surface area contributed by atoms with Gasteiger partial charge < -0.3 is 18.8 Å². The Morgan fingerprint density at radius 2 is 1.81 bits per heavy atom. The smallest absolute Gasteiger partial charge is 0.426 e. The molecule has 47 heavy (non-hydrogen) atoms. The number of aromatic nitrogens is 3. The van der Waals surface area contributed by atoms with Crippen LogP contribution >= 0.6 is 15.9 Å². The Morgan fingerprint density at radius 3 is 2.45 bits per heavy atom. The standard InChI is InChI=1S/C31H31BrF5N5O5/c1-28(2,3)47-27(44)38-21-14-20(32)22-25(43)42(19-15-29(33,34)16-19)13-9-5-8-12-30(31(35,36)37,45-17-18-10-6-4-7-11-18)26-41-40-24(46-26)23(21)39-22/h4-8,10-11,14,19H,9,12-13,15-17H2,1-3H3,(H,38,44)/b8-5-. The number of fused-ring (bicyclic) bond motifs is 5. The SMILES string of the molecule is CC(C)(C)OC(=O)Nc1cc(Br)c2nc1-c1nnc(o1)C(OCc1ccccc1)(C(F)(F)F)C/C=C\CCN(C1CC(F)(F)C1)C2=O. The molecule has 4 bridgehead atoms. The molecule has 1 fully saturated rings. The lowest BCUT2D eigenvalue weighted by Gasteiger charge is -2.42. The molecule has 1 atom stereocenters. The van der Waals surface area contributed by atoms with Gasteiger partial charge in [-0.3, -0.25) is 10.1 Å². The predicted molar refractivity (Wildman–Crippen MR) is 161 cm³/mol. The molecule has 1 aromatic carbocycles. The summed E-state index contributed by atoms with van der Waals surface area (Å²) < 4.78 is 89.6. The fourth-order valence-electron chi connectivity index (χ4n) is 5.12. The lowest BCUT2D eigenvalue weighted by Crippen LogP contribution is -2.53. The van der Waals surface area contributed by atoms with Crippen LogP contribution in [0.3, 0.4) is 0 Å². The van der Waals surface area contributed by atoms with Gasteiger partial charge >= 0.3 is 12.3 Å². The molecule has 1 saturated carbocycles. The number of rotatable bonds is 5. The molecule has 0 spiro atoms. The molecule has 2 aliphatic rings. The quantitative estimate of drug-likeness (QED) is 0.209. The number of hydrogen-bond donors (Lipinski definition) is 1. The van der Waals surface area contributed by atoms with Crippen LogP contribution in [-0.4, -0.2) is 62.4 Å². The first-order chi connectivity index (χ1) is 22.0. The summed E-state index contributed by atoms with van der Waals surface area (Å²) in [5.41, 5.74) is -4.35. The van der Waals surface area contributed by atoms with E-state index >= 15 is 13.2 Å². The number of nitrogens with zero attached hydrogens (tertiary/aromatic N) is 4. The Hall–Kier alpha value is -3.92. The molecule has 252 valence electrons. The molecule has 1 aliphatic heterocycles. The van der Waals surface area contributed by atoms with Gasteiger partial charge in [0.05, 0.1) is 16.8 Å². The molecule has 1 aliphatic carbocycles. The van der Waals surface area contributed by atoms with Gasteiger partial charge in [0.15, 0.2) is 5.69 Å². The van der Waals surface area contributed by atoms with Crippen molar-refractivity contribution in [1.82, 2.24) is 20.1 Å². The molecule has 0 saturated heterocycles. The van der Waals surface area contributed by atoms with E-state index < -0.39 is 79.0 Å². The predicted octanol–water partition coefficient (Wildman–Crippen LogP) is 7.81. The first kappa shape index (κ1) is 34.4. The van der Waals surface area contributed by atoms with E-state index in [1.165, 1.54) is 23.1 Å². The number of halogens is 6. The Bertz CT molecular complexity index is 1650. The van der Waals surface area contributed by atoms with Crippen molar-refractivity contribution in [3.63, 3.8) is 0 Å². The van der Waals surface area contributed by atoms with Crippen LogP contribution < -0.4 is 5.32 Å². The van der Waals surface area contributed by atoms with E-state index in [-0.39, 0.29) is 34.5 Å². The molecule has 2 amide bonds. The van der Waals surface area contributed by atoms with E-state index in [0.717, 1.165) is 0 Å². The van der Waals surface area contributed by atoms with E-state index in [4.69, 9.17) is 13.9 Å². The van der Waals surface area contributed by atoms with Gasteiger partial charge in [-0.05, 0) is 54.8 Å². The number of pyridine rings is 1. The lowest BCUT2D eigenvalue weighted by atomic mass is 9.86. The van der Waals surface area contributed by atoms with Gasteiger partial charge in [-0.1, -0.05) is 42.5 Å². The van der Waals surface area contributed by atoms with Crippen molar-refractivity contribution in [3.8, 4) is 11.6 Å². The molecule has 0 radical (unpaired) electrons. The summed E-state index contributed by atoms with van der Waals surface area (Å²) in [6.07, 6.45) is -5.29. The monoisotopic (exact) mass is 727 g/mol. The van der Waals surface area contributed by atoms with Crippen LogP contribution in [0.5, 0.6) is 0 Å². The van der Waals surface area contributed by atoms with Crippen molar-refractivity contribution >= 4 is 33.6 Å². The fourth-order valence-corrected chi connectivity index (χ4v) is 5.60. The van der Waals surface area contributed by atoms with Crippen molar-refractivity contribution in [3.05, 3.63) is 70.2 Å². The van der Waals surface area contributed by atoms with Gasteiger partial charge in [0.25, 0.3) is 23.6 Å². The molecular formula is C31H31BrF5N5O5. The number of ether oxygens (including phenoxy) is 2. The fraction of sp³-hybridized carbons (Fsp3) is 0.452. The summed E-state index contributed by atoms with van der Waals surface area (Å²) in [6, 6.07) is 8.63. The second kappa shape index (κ2) is 12.9. The van der Waals surface area contributed by atoms with E-state index in [9.17, 15) is 18.4 Å². The maximum Gasteiger partial charge on any atom is 0.426 e. The molecule has 10 nitrogen and oxygen atoms in total. The number of carbonyl (C=O) groups excluding carboxylic acids is 2. The third-order valence-corrected chi connectivity index (χ3v) is 8.06. The van der Waals surface area contributed by atoms with Crippen molar-refractivity contribution in [2.45, 2.75) is 82.4 Å². The van der Waals surface area contributed by atoms with Crippen LogP contribution in [0.1, 0.15) is 68.4 Å². The first-order valence-corrected chi connectivity index (χ1v) is 15.4. The molecule has 1 unspecified atom stereocenters. The number of alkyl halides is 5. The number of carbonyl (C=O) groups is 2. The minimum atomic E-state index is -5.07. The van der Waals surface area contributed by atoms with Gasteiger partial charge in [0.2, 0.25) is 5.60 Å². The lowest BCUT2D eigenvalue weighted by molar-refractivity contribution is -0.295. The zero-order valence-corrected chi connectivity index (χ0v) is 27.1. The highest BCUT2D eigenvalue weighted by Gasteiger charge is 2.61. The minimum absolute atomic E-state index is 0.0400. The number of anilines is 1. The molecule has 5 rings (SSSR count). The average Bonchev–Trinajstić information content (AvgIpc) is 3.44. The van der Waals surface area contributed by atoms with Gasteiger partial charge in [-0.25, -0.2) is 18.6 Å². The van der Waals surface area contributed by atoms with Gasteiger partial charge in [0.1, 0.15) is 11.3 Å². The average molecular weight is 729 g/mol. The summed E-state index contributed by atoms with van der Waals surface area (Å²) in [5, 5.41) is 10.0. The number of hydrogen-bond acceptors (Lipinski definition) is 8. The normalized spacial score (nSPS) is 21.0. The Balaban J connectivity index is 1.64. The summed E-state index contributed by atoms with van der Waals surface area (Å²) in [6.45, 7) is 4.32. The largest absolute Gasteiger partial charge is 0.444 e. The third kappa shape index (κ3) is 7.64. The van der Waals surface area contributed by atoms with Crippen LogP contribution in [0.25, 0.3) is 11.6 Å². The third-order valence-electron chi connectivity index (χ3n) is 7.45. The summed E-state index contributed by atoms with van der Waals surface area (Å²) in [7, 11) is 0. The molecule has 1 N–H and O–H groups in total. The maximum atomic E-state index is 15.1. The van der Waals surface area contributed by atoms with Gasteiger partial charge in [-0.15, -0.1) is 10.2 Å². The summed E-state index contributed by atoms with van der Waals surface area (Å²) in [4.78, 5) is 32.1. The molecule has 3 heterocycles.